The van der Waals surface area contributed by atoms with Gasteiger partial charge in [-0.25, -0.2) is 4.98 Å². The summed E-state index contributed by atoms with van der Waals surface area (Å²) in [4.78, 5) is 4.09. The molecule has 1 unspecified atom stereocenters. The molecular weight excluding hydrogens is 226 g/mol. The zero-order valence-corrected chi connectivity index (χ0v) is 11.7. The first-order chi connectivity index (χ1) is 8.40. The highest BCUT2D eigenvalue weighted by Crippen LogP contribution is 2.50. The van der Waals surface area contributed by atoms with Gasteiger partial charge in [0.1, 0.15) is 6.10 Å². The predicted octanol–water partition coefficient (Wildman–Crippen LogP) is 2.00. The molecule has 3 N–H and O–H groups in total. The molecule has 0 saturated heterocycles. The summed E-state index contributed by atoms with van der Waals surface area (Å²) >= 11 is 0. The van der Waals surface area contributed by atoms with Crippen LogP contribution in [0, 0.1) is 10.8 Å². The zero-order valence-electron chi connectivity index (χ0n) is 11.7. The van der Waals surface area contributed by atoms with E-state index in [-0.39, 0.29) is 5.41 Å². The molecule has 1 fully saturated rings. The molecule has 0 aliphatic heterocycles. The van der Waals surface area contributed by atoms with Gasteiger partial charge in [-0.1, -0.05) is 13.8 Å². The molecule has 1 aromatic heterocycles. The van der Waals surface area contributed by atoms with Gasteiger partial charge in [-0.05, 0) is 31.1 Å². The van der Waals surface area contributed by atoms with E-state index in [1.165, 1.54) is 0 Å². The van der Waals surface area contributed by atoms with E-state index < -0.39 is 6.10 Å². The lowest BCUT2D eigenvalue weighted by Gasteiger charge is -2.45. The van der Waals surface area contributed by atoms with Gasteiger partial charge in [-0.3, -0.25) is 0 Å². The van der Waals surface area contributed by atoms with Gasteiger partial charge in [0.25, 0.3) is 0 Å². The fourth-order valence-electron chi connectivity index (χ4n) is 2.96. The van der Waals surface area contributed by atoms with E-state index in [1.54, 1.807) is 12.5 Å². The topological polar surface area (TPSA) is 64.1 Å². The van der Waals surface area contributed by atoms with Crippen LogP contribution in [0.5, 0.6) is 0 Å². The first-order valence-electron chi connectivity index (χ1n) is 6.75. The van der Waals surface area contributed by atoms with Gasteiger partial charge in [0.2, 0.25) is 0 Å². The van der Waals surface area contributed by atoms with Crippen molar-refractivity contribution >= 4 is 0 Å². The first-order valence-corrected chi connectivity index (χ1v) is 6.75. The van der Waals surface area contributed by atoms with Crippen molar-refractivity contribution in [2.75, 3.05) is 6.54 Å². The van der Waals surface area contributed by atoms with Crippen molar-refractivity contribution in [2.45, 2.75) is 45.6 Å². The second-order valence-corrected chi connectivity index (χ2v) is 6.56. The highest BCUT2D eigenvalue weighted by atomic mass is 16.3. The molecule has 2 rings (SSSR count). The van der Waals surface area contributed by atoms with Crippen molar-refractivity contribution < 1.29 is 5.11 Å². The Morgan fingerprint density at radius 3 is 2.44 bits per heavy atom. The number of nitrogens with zero attached hydrogens (tertiary/aromatic N) is 2. The van der Waals surface area contributed by atoms with Crippen molar-refractivity contribution in [1.82, 2.24) is 9.55 Å². The Morgan fingerprint density at radius 2 is 2.00 bits per heavy atom. The molecule has 18 heavy (non-hydrogen) atoms. The lowest BCUT2D eigenvalue weighted by Crippen LogP contribution is -2.42. The van der Waals surface area contributed by atoms with Crippen LogP contribution in [0.3, 0.4) is 0 Å². The molecule has 102 valence electrons. The molecule has 1 heterocycles. The smallest absolute Gasteiger partial charge is 0.102 e. The van der Waals surface area contributed by atoms with E-state index >= 15 is 0 Å². The molecule has 0 radical (unpaired) electrons. The predicted molar refractivity (Wildman–Crippen MR) is 71.9 cm³/mol. The second kappa shape index (κ2) is 4.67. The Hall–Kier alpha value is -0.870. The third-order valence-corrected chi connectivity index (χ3v) is 4.72. The summed E-state index contributed by atoms with van der Waals surface area (Å²) in [6.45, 7) is 5.13. The number of hydrogen-bond donors (Lipinski definition) is 2. The SMILES string of the molecule is Cn1cncc1C(O)C1(CN)CCC(C)(C)CC1. The van der Waals surface area contributed by atoms with Crippen LogP contribution in [0.4, 0.5) is 0 Å². The van der Waals surface area contributed by atoms with Crippen LogP contribution in [-0.2, 0) is 7.05 Å². The average Bonchev–Trinajstić information content (AvgIpc) is 2.75. The number of aromatic nitrogens is 2. The Bertz CT molecular complexity index is 401. The lowest BCUT2D eigenvalue weighted by molar-refractivity contribution is -0.0273. The summed E-state index contributed by atoms with van der Waals surface area (Å²) in [5.74, 6) is 0. The standard InChI is InChI=1S/C14H25N3O/c1-13(2)4-6-14(9-15,7-5-13)12(18)11-8-16-10-17(11)3/h8,10,12,18H,4-7,9,15H2,1-3H3. The average molecular weight is 251 g/mol. The molecule has 1 aliphatic carbocycles. The number of aliphatic hydroxyl groups is 1. The summed E-state index contributed by atoms with van der Waals surface area (Å²) in [6.07, 6.45) is 7.20. The highest BCUT2D eigenvalue weighted by molar-refractivity contribution is 5.09. The highest BCUT2D eigenvalue weighted by Gasteiger charge is 2.43. The molecule has 1 aromatic rings. The van der Waals surface area contributed by atoms with Crippen LogP contribution < -0.4 is 5.73 Å². The fourth-order valence-corrected chi connectivity index (χ4v) is 2.96. The van der Waals surface area contributed by atoms with E-state index in [1.807, 2.05) is 11.6 Å². The van der Waals surface area contributed by atoms with Crippen LogP contribution in [0.2, 0.25) is 0 Å². The zero-order chi connectivity index (χ0) is 13.4. The van der Waals surface area contributed by atoms with Gasteiger partial charge in [0.15, 0.2) is 0 Å². The maximum Gasteiger partial charge on any atom is 0.102 e. The summed E-state index contributed by atoms with van der Waals surface area (Å²) in [5, 5.41) is 10.7. The molecule has 1 saturated carbocycles. The van der Waals surface area contributed by atoms with E-state index in [4.69, 9.17) is 5.73 Å². The molecule has 0 amide bonds. The van der Waals surface area contributed by atoms with Gasteiger partial charge in [0, 0.05) is 19.0 Å². The number of aliphatic hydroxyl groups excluding tert-OH is 1. The van der Waals surface area contributed by atoms with Crippen LogP contribution in [0.15, 0.2) is 12.5 Å². The van der Waals surface area contributed by atoms with Crippen LogP contribution in [0.1, 0.15) is 51.3 Å². The molecule has 1 aliphatic rings. The van der Waals surface area contributed by atoms with E-state index in [9.17, 15) is 5.11 Å². The first kappa shape index (κ1) is 13.6. The van der Waals surface area contributed by atoms with Gasteiger partial charge in [-0.15, -0.1) is 0 Å². The maximum absolute atomic E-state index is 10.7. The summed E-state index contributed by atoms with van der Waals surface area (Å²) in [7, 11) is 1.92. The molecule has 4 nitrogen and oxygen atoms in total. The van der Waals surface area contributed by atoms with E-state index in [0.29, 0.717) is 12.0 Å². The minimum Gasteiger partial charge on any atom is -0.386 e. The van der Waals surface area contributed by atoms with Gasteiger partial charge in [-0.2, -0.15) is 0 Å². The minimum atomic E-state index is -0.508. The Kier molecular flexibility index (Phi) is 3.52. The number of aryl methyl sites for hydroxylation is 1. The van der Waals surface area contributed by atoms with Crippen LogP contribution in [-0.4, -0.2) is 21.2 Å². The van der Waals surface area contributed by atoms with Crippen LogP contribution >= 0.6 is 0 Å². The summed E-state index contributed by atoms with van der Waals surface area (Å²) in [6, 6.07) is 0. The quantitative estimate of drug-likeness (QED) is 0.863. The Balaban J connectivity index is 2.21. The van der Waals surface area contributed by atoms with Crippen LogP contribution in [0.25, 0.3) is 0 Å². The van der Waals surface area contributed by atoms with Gasteiger partial charge in [0.05, 0.1) is 18.2 Å². The number of rotatable bonds is 3. The normalized spacial score (nSPS) is 23.8. The largest absolute Gasteiger partial charge is 0.386 e. The Labute approximate surface area is 109 Å². The summed E-state index contributed by atoms with van der Waals surface area (Å²) < 4.78 is 1.89. The molecule has 0 bridgehead atoms. The molecule has 0 spiro atoms. The fraction of sp³-hybridized carbons (Fsp3) is 0.786. The third-order valence-electron chi connectivity index (χ3n) is 4.72. The van der Waals surface area contributed by atoms with Gasteiger partial charge < -0.3 is 15.4 Å². The van der Waals surface area contributed by atoms with Crippen molar-refractivity contribution in [3.63, 3.8) is 0 Å². The van der Waals surface area contributed by atoms with Gasteiger partial charge >= 0.3 is 0 Å². The summed E-state index contributed by atoms with van der Waals surface area (Å²) in [5.41, 5.74) is 7.07. The lowest BCUT2D eigenvalue weighted by atomic mass is 9.62. The molecule has 4 heteroatoms. The number of imidazole rings is 1. The monoisotopic (exact) mass is 251 g/mol. The molecule has 0 aromatic carbocycles. The van der Waals surface area contributed by atoms with Crippen molar-refractivity contribution in [2.24, 2.45) is 23.6 Å². The number of nitrogens with two attached hydrogens (primary N) is 1. The van der Waals surface area contributed by atoms with Crippen molar-refractivity contribution in [3.05, 3.63) is 18.2 Å². The second-order valence-electron chi connectivity index (χ2n) is 6.56. The third kappa shape index (κ3) is 2.31. The van der Waals surface area contributed by atoms with Crippen molar-refractivity contribution in [3.8, 4) is 0 Å². The maximum atomic E-state index is 10.7. The number of hydrogen-bond acceptors (Lipinski definition) is 3. The van der Waals surface area contributed by atoms with E-state index in [2.05, 4.69) is 18.8 Å². The van der Waals surface area contributed by atoms with E-state index in [0.717, 1.165) is 31.4 Å². The molecular formula is C14H25N3O. The van der Waals surface area contributed by atoms with Crippen molar-refractivity contribution in [1.29, 1.82) is 0 Å². The molecule has 1 atom stereocenters. The Morgan fingerprint density at radius 1 is 1.39 bits per heavy atom. The minimum absolute atomic E-state index is 0.177.